The Morgan fingerprint density at radius 3 is 2.56 bits per heavy atom. The third-order valence-electron chi connectivity index (χ3n) is 5.29. The lowest BCUT2D eigenvalue weighted by molar-refractivity contribution is -0.384. The van der Waals surface area contributed by atoms with Crippen LogP contribution >= 0.6 is 34.3 Å². The molecule has 0 aliphatic carbocycles. The fourth-order valence-corrected chi connectivity index (χ4v) is 5.75. The van der Waals surface area contributed by atoms with Gasteiger partial charge < -0.3 is 4.90 Å². The highest BCUT2D eigenvalue weighted by molar-refractivity contribution is 7.23. The van der Waals surface area contributed by atoms with Gasteiger partial charge >= 0.3 is 0 Å². The minimum Gasteiger partial charge on any atom is -0.302 e. The maximum absolute atomic E-state index is 13.6. The van der Waals surface area contributed by atoms with Crippen LogP contribution in [-0.4, -0.2) is 46.9 Å². The third kappa shape index (κ3) is 4.47. The van der Waals surface area contributed by atoms with Crippen LogP contribution in [0.5, 0.6) is 0 Å². The smallest absolute Gasteiger partial charge is 0.270 e. The Kier molecular flexibility index (Phi) is 6.71. The van der Waals surface area contributed by atoms with Crippen molar-refractivity contribution in [3.63, 3.8) is 0 Å². The normalized spacial score (nSPS) is 11.5. The zero-order valence-electron chi connectivity index (χ0n) is 17.6. The summed E-state index contributed by atoms with van der Waals surface area (Å²) in [6, 6.07) is 12.0. The van der Waals surface area contributed by atoms with Crippen LogP contribution in [0, 0.1) is 10.1 Å². The molecule has 0 bridgehead atoms. The van der Waals surface area contributed by atoms with E-state index in [-0.39, 0.29) is 11.6 Å². The second-order valence-electron chi connectivity index (χ2n) is 7.16. The number of hydrogen-bond donors (Lipinski definition) is 0. The molecule has 10 heteroatoms. The van der Waals surface area contributed by atoms with E-state index in [9.17, 15) is 14.9 Å². The number of anilines is 1. The van der Waals surface area contributed by atoms with E-state index in [2.05, 4.69) is 23.7 Å². The summed E-state index contributed by atoms with van der Waals surface area (Å²) in [5, 5.41) is 12.9. The van der Waals surface area contributed by atoms with Crippen molar-refractivity contribution in [3.8, 4) is 0 Å². The van der Waals surface area contributed by atoms with Gasteiger partial charge in [0.25, 0.3) is 11.6 Å². The molecule has 4 aromatic rings. The molecule has 0 saturated carbocycles. The van der Waals surface area contributed by atoms with Crippen LogP contribution in [0.25, 0.3) is 20.3 Å². The van der Waals surface area contributed by atoms with Gasteiger partial charge in [0.05, 0.1) is 19.5 Å². The van der Waals surface area contributed by atoms with Crippen molar-refractivity contribution in [2.45, 2.75) is 13.8 Å². The number of carbonyl (C=O) groups is 1. The number of amides is 1. The molecule has 0 aliphatic heterocycles. The lowest BCUT2D eigenvalue weighted by atomic mass is 10.2. The average molecular weight is 489 g/mol. The molecule has 2 aromatic carbocycles. The molecule has 1 amide bonds. The molecular weight excluding hydrogens is 468 g/mol. The van der Waals surface area contributed by atoms with E-state index in [1.807, 2.05) is 12.1 Å². The summed E-state index contributed by atoms with van der Waals surface area (Å²) in [5.41, 5.74) is 0.690. The van der Waals surface area contributed by atoms with Crippen LogP contribution in [0.15, 0.2) is 42.5 Å². The number of likely N-dealkylation sites (N-methyl/N-ethyl adjacent to an activating group) is 1. The van der Waals surface area contributed by atoms with Crippen LogP contribution in [0.3, 0.4) is 0 Å². The molecule has 0 atom stereocenters. The number of para-hydroxylation sites is 1. The van der Waals surface area contributed by atoms with E-state index >= 15 is 0 Å². The average Bonchev–Trinajstić information content (AvgIpc) is 3.41. The summed E-state index contributed by atoms with van der Waals surface area (Å²) in [5.74, 6) is -0.170. The highest BCUT2D eigenvalue weighted by Crippen LogP contribution is 2.35. The van der Waals surface area contributed by atoms with Crippen LogP contribution < -0.4 is 4.90 Å². The Labute approximate surface area is 198 Å². The molecule has 0 radical (unpaired) electrons. The number of nitro benzene ring substituents is 1. The molecule has 0 unspecified atom stereocenters. The van der Waals surface area contributed by atoms with Crippen LogP contribution in [0.2, 0.25) is 5.02 Å². The Morgan fingerprint density at radius 1 is 1.09 bits per heavy atom. The molecule has 7 nitrogen and oxygen atoms in total. The Hall–Kier alpha value is -2.59. The Morgan fingerprint density at radius 2 is 1.88 bits per heavy atom. The molecule has 166 valence electrons. The maximum atomic E-state index is 13.6. The number of nitrogens with zero attached hydrogens (tertiary/aromatic N) is 4. The number of non-ortho nitro benzene ring substituents is 1. The van der Waals surface area contributed by atoms with Gasteiger partial charge in [-0.3, -0.25) is 19.8 Å². The lowest BCUT2D eigenvalue weighted by Gasteiger charge is -2.24. The number of rotatable bonds is 8. The van der Waals surface area contributed by atoms with Crippen molar-refractivity contribution in [2.24, 2.45) is 0 Å². The molecule has 0 saturated heterocycles. The maximum Gasteiger partial charge on any atom is 0.270 e. The Bertz CT molecular complexity index is 1300. The second-order valence-corrected chi connectivity index (χ2v) is 9.66. The first-order valence-corrected chi connectivity index (χ1v) is 12.2. The van der Waals surface area contributed by atoms with Crippen molar-refractivity contribution in [1.82, 2.24) is 9.88 Å². The fraction of sp³-hybridized carbons (Fsp3) is 0.273. The minimum atomic E-state index is -0.431. The van der Waals surface area contributed by atoms with Crippen molar-refractivity contribution >= 4 is 71.3 Å². The summed E-state index contributed by atoms with van der Waals surface area (Å²) in [6.07, 6.45) is 0. The predicted molar refractivity (Wildman–Crippen MR) is 133 cm³/mol. The molecule has 0 aliphatic rings. The summed E-state index contributed by atoms with van der Waals surface area (Å²) < 4.78 is 1.75. The number of aromatic nitrogens is 1. The van der Waals surface area contributed by atoms with E-state index in [0.717, 1.165) is 22.5 Å². The highest BCUT2D eigenvalue weighted by Gasteiger charge is 2.24. The number of thiophene rings is 1. The van der Waals surface area contributed by atoms with Gasteiger partial charge in [-0.05, 0) is 37.4 Å². The van der Waals surface area contributed by atoms with Gasteiger partial charge in [0, 0.05) is 35.3 Å². The number of fused-ring (bicyclic) bond motifs is 2. The SMILES string of the molecule is CCN(CC)CCN(C(=O)c1cc2cc([N+](=O)[O-])ccc2s1)c1nc2c(Cl)cccc2s1. The molecule has 2 aromatic heterocycles. The first-order chi connectivity index (χ1) is 15.4. The number of halogens is 1. The molecule has 32 heavy (non-hydrogen) atoms. The van der Waals surface area contributed by atoms with Crippen molar-refractivity contribution < 1.29 is 9.72 Å². The molecule has 0 spiro atoms. The summed E-state index contributed by atoms with van der Waals surface area (Å²) >= 11 is 9.07. The number of nitro groups is 1. The van der Waals surface area contributed by atoms with Crippen LogP contribution in [0.4, 0.5) is 10.8 Å². The number of benzene rings is 2. The standard InChI is InChI=1S/C22H21ClN4O3S2/c1-3-25(4-2)10-11-26(22-24-20-16(23)6-5-7-18(20)32-22)21(28)19-13-14-12-15(27(29)30)8-9-17(14)31-19/h5-9,12-13H,3-4,10-11H2,1-2H3. The van der Waals surface area contributed by atoms with Crippen LogP contribution in [-0.2, 0) is 0 Å². The zero-order chi connectivity index (χ0) is 22.8. The van der Waals surface area contributed by atoms with Gasteiger partial charge in [-0.2, -0.15) is 0 Å². The van der Waals surface area contributed by atoms with Gasteiger partial charge in [-0.25, -0.2) is 4.98 Å². The number of carbonyl (C=O) groups excluding carboxylic acids is 1. The van der Waals surface area contributed by atoms with E-state index in [1.165, 1.54) is 34.8 Å². The van der Waals surface area contributed by atoms with Crippen molar-refractivity contribution in [1.29, 1.82) is 0 Å². The summed E-state index contributed by atoms with van der Waals surface area (Å²) in [7, 11) is 0. The molecule has 0 fully saturated rings. The van der Waals surface area contributed by atoms with Crippen molar-refractivity contribution in [2.75, 3.05) is 31.1 Å². The first-order valence-electron chi connectivity index (χ1n) is 10.2. The molecular formula is C22H21ClN4O3S2. The topological polar surface area (TPSA) is 79.6 Å². The first kappa shape index (κ1) is 22.6. The molecule has 2 heterocycles. The monoisotopic (exact) mass is 488 g/mol. The summed E-state index contributed by atoms with van der Waals surface area (Å²) in [6.45, 7) is 7.14. The van der Waals surface area contributed by atoms with Gasteiger partial charge in [-0.1, -0.05) is 42.9 Å². The zero-order valence-corrected chi connectivity index (χ0v) is 20.0. The van der Waals surface area contributed by atoms with Crippen LogP contribution in [0.1, 0.15) is 23.5 Å². The van der Waals surface area contributed by atoms with Gasteiger partial charge in [0.15, 0.2) is 5.13 Å². The largest absolute Gasteiger partial charge is 0.302 e. The summed E-state index contributed by atoms with van der Waals surface area (Å²) in [4.78, 5) is 33.4. The lowest BCUT2D eigenvalue weighted by Crippen LogP contribution is -2.38. The predicted octanol–water partition coefficient (Wildman–Crippen LogP) is 6.06. The fourth-order valence-electron chi connectivity index (χ4n) is 3.47. The van der Waals surface area contributed by atoms with Gasteiger partial charge in [0.2, 0.25) is 0 Å². The number of hydrogen-bond acceptors (Lipinski definition) is 7. The second kappa shape index (κ2) is 9.50. The molecule has 4 rings (SSSR count). The van der Waals surface area contributed by atoms with E-state index in [1.54, 1.807) is 23.1 Å². The van der Waals surface area contributed by atoms with Gasteiger partial charge in [-0.15, -0.1) is 11.3 Å². The quantitative estimate of drug-likeness (QED) is 0.222. The third-order valence-corrected chi connectivity index (χ3v) is 7.74. The van der Waals surface area contributed by atoms with Gasteiger partial charge in [0.1, 0.15) is 5.52 Å². The minimum absolute atomic E-state index is 0.00787. The van der Waals surface area contributed by atoms with E-state index < -0.39 is 4.92 Å². The highest BCUT2D eigenvalue weighted by atomic mass is 35.5. The van der Waals surface area contributed by atoms with E-state index in [0.29, 0.717) is 39.0 Å². The van der Waals surface area contributed by atoms with E-state index in [4.69, 9.17) is 11.6 Å². The number of thiazole rings is 1. The molecule has 0 N–H and O–H groups in total. The van der Waals surface area contributed by atoms with Crippen molar-refractivity contribution in [3.05, 3.63) is 62.5 Å². The Balaban J connectivity index is 1.72.